The molecule has 0 spiro atoms. The van der Waals surface area contributed by atoms with Crippen molar-refractivity contribution in [3.63, 3.8) is 0 Å². The average Bonchev–Trinajstić information content (AvgIpc) is 2.70. The van der Waals surface area contributed by atoms with E-state index in [2.05, 4.69) is 65.1 Å². The Balaban J connectivity index is 0. The maximum absolute atomic E-state index is 3.52. The number of hydrogen-bond donors (Lipinski definition) is 0. The second-order valence-electron chi connectivity index (χ2n) is 5.90. The van der Waals surface area contributed by atoms with Crippen molar-refractivity contribution in [2.75, 3.05) is 0 Å². The normalized spacial score (nSPS) is 24.5. The Bertz CT molecular complexity index is 431. The van der Waals surface area contributed by atoms with Crippen LogP contribution in [0.1, 0.15) is 27.7 Å². The van der Waals surface area contributed by atoms with E-state index >= 15 is 0 Å². The van der Waals surface area contributed by atoms with E-state index < -0.39 is 8.07 Å². The predicted molar refractivity (Wildman–Crippen MR) is 76.8 cm³/mol. The SMILES string of the molecule is CC1=[C-]C(C)C=C1[Si](C)(C)C1=CC(C)[C-]=C1C.[Cl-].[Cl-].[Ti+4]. The molecule has 108 valence electrons. The van der Waals surface area contributed by atoms with Crippen molar-refractivity contribution in [1.82, 2.24) is 0 Å². The van der Waals surface area contributed by atoms with Crippen LogP contribution in [0.5, 0.6) is 0 Å². The fourth-order valence-electron chi connectivity index (χ4n) is 3.17. The molecule has 0 saturated heterocycles. The number of halogens is 2. The van der Waals surface area contributed by atoms with Crippen LogP contribution in [0.25, 0.3) is 0 Å². The molecule has 0 saturated carbocycles. The Kier molecular flexibility index (Phi) is 9.32. The monoisotopic (exact) mass is 360 g/mol. The first-order chi connectivity index (χ1) is 7.82. The molecule has 0 radical (unpaired) electrons. The van der Waals surface area contributed by atoms with Crippen LogP contribution in [-0.4, -0.2) is 8.07 Å². The minimum atomic E-state index is -1.52. The molecule has 0 bridgehead atoms. The third-order valence-corrected chi connectivity index (χ3v) is 7.65. The molecule has 4 heteroatoms. The van der Waals surface area contributed by atoms with Gasteiger partial charge in [0.25, 0.3) is 0 Å². The van der Waals surface area contributed by atoms with Crippen LogP contribution in [0.3, 0.4) is 0 Å². The van der Waals surface area contributed by atoms with Gasteiger partial charge in [0.15, 0.2) is 0 Å². The number of hydrogen-bond acceptors (Lipinski definition) is 0. The molecule has 0 aliphatic heterocycles. The first-order valence-corrected chi connectivity index (χ1v) is 9.48. The molecule has 0 amide bonds. The van der Waals surface area contributed by atoms with Gasteiger partial charge in [0.05, 0.1) is 0 Å². The first kappa shape index (κ1) is 22.7. The Labute approximate surface area is 152 Å². The summed E-state index contributed by atoms with van der Waals surface area (Å²) < 4.78 is 0. The molecule has 2 rings (SSSR count). The van der Waals surface area contributed by atoms with E-state index in [-0.39, 0.29) is 46.5 Å². The standard InChI is InChI=1S/C16H22Si.2ClH.Ti/c1-11-7-13(3)15(9-11)17(5,6)16-10-12(2)8-14(16)4;;;/h9-12H,1-6H3;2*1H;/q-2;;;+4/p-2. The minimum Gasteiger partial charge on any atom is -1.00 e. The molecule has 0 fully saturated rings. The van der Waals surface area contributed by atoms with Gasteiger partial charge in [-0.1, -0.05) is 60.7 Å². The summed E-state index contributed by atoms with van der Waals surface area (Å²) >= 11 is 0. The molecule has 2 atom stereocenters. The van der Waals surface area contributed by atoms with Crippen molar-refractivity contribution in [2.45, 2.75) is 40.8 Å². The van der Waals surface area contributed by atoms with Crippen LogP contribution in [0.2, 0.25) is 13.1 Å². The van der Waals surface area contributed by atoms with Crippen molar-refractivity contribution in [1.29, 1.82) is 0 Å². The van der Waals surface area contributed by atoms with Gasteiger partial charge < -0.3 is 24.8 Å². The second-order valence-corrected chi connectivity index (χ2v) is 10.2. The maximum atomic E-state index is 3.52. The summed E-state index contributed by atoms with van der Waals surface area (Å²) in [6.45, 7) is 13.8. The van der Waals surface area contributed by atoms with Crippen LogP contribution >= 0.6 is 0 Å². The van der Waals surface area contributed by atoms with Crippen molar-refractivity contribution in [3.05, 3.63) is 45.8 Å². The predicted octanol–water partition coefficient (Wildman–Crippen LogP) is -1.57. The van der Waals surface area contributed by atoms with Gasteiger partial charge in [-0.2, -0.15) is 12.2 Å². The zero-order valence-electron chi connectivity index (χ0n) is 13.1. The van der Waals surface area contributed by atoms with Gasteiger partial charge in [0.1, 0.15) is 0 Å². The Morgan fingerprint density at radius 3 is 1.35 bits per heavy atom. The Morgan fingerprint density at radius 2 is 1.15 bits per heavy atom. The fourth-order valence-corrected chi connectivity index (χ4v) is 6.81. The summed E-state index contributed by atoms with van der Waals surface area (Å²) in [5.41, 5.74) is 2.75. The molecular weight excluding hydrogens is 339 g/mol. The van der Waals surface area contributed by atoms with E-state index in [1.165, 1.54) is 11.1 Å². The summed E-state index contributed by atoms with van der Waals surface area (Å²) in [4.78, 5) is 0. The number of allylic oxidation sites excluding steroid dienone is 8. The van der Waals surface area contributed by atoms with Crippen LogP contribution < -0.4 is 24.8 Å². The van der Waals surface area contributed by atoms with E-state index in [4.69, 9.17) is 0 Å². The zero-order chi connectivity index (χ0) is 12.8. The fraction of sp³-hybridized carbons (Fsp3) is 0.500. The third kappa shape index (κ3) is 4.24. The smallest absolute Gasteiger partial charge is 1.00 e. The summed E-state index contributed by atoms with van der Waals surface area (Å²) in [5, 5.41) is 3.15. The molecule has 2 aliphatic rings. The van der Waals surface area contributed by atoms with Crippen LogP contribution in [0.15, 0.2) is 33.7 Å². The van der Waals surface area contributed by atoms with Gasteiger partial charge in [0.2, 0.25) is 0 Å². The van der Waals surface area contributed by atoms with E-state index in [0.717, 1.165) is 0 Å². The van der Waals surface area contributed by atoms with E-state index in [1.807, 2.05) is 0 Å². The molecular formula is C16H22Cl2SiTi. The van der Waals surface area contributed by atoms with E-state index in [9.17, 15) is 0 Å². The summed E-state index contributed by atoms with van der Waals surface area (Å²) in [6.07, 6.45) is 11.9. The van der Waals surface area contributed by atoms with Gasteiger partial charge in [-0.25, -0.2) is 21.5 Å². The third-order valence-electron chi connectivity index (χ3n) is 3.88. The Hall–Kier alpha value is 0.471. The largest absolute Gasteiger partial charge is 4.00 e. The van der Waals surface area contributed by atoms with E-state index in [0.29, 0.717) is 11.8 Å². The van der Waals surface area contributed by atoms with Crippen molar-refractivity contribution in [2.24, 2.45) is 11.8 Å². The van der Waals surface area contributed by atoms with Crippen molar-refractivity contribution in [3.8, 4) is 0 Å². The number of rotatable bonds is 2. The molecule has 0 nitrogen and oxygen atoms in total. The minimum absolute atomic E-state index is 0. The molecule has 2 unspecified atom stereocenters. The first-order valence-electron chi connectivity index (χ1n) is 6.48. The molecule has 20 heavy (non-hydrogen) atoms. The van der Waals surface area contributed by atoms with Gasteiger partial charge in [-0.3, -0.25) is 12.2 Å². The second kappa shape index (κ2) is 8.20. The molecule has 0 aromatic carbocycles. The van der Waals surface area contributed by atoms with Crippen molar-refractivity contribution < 1.29 is 46.5 Å². The molecule has 2 aliphatic carbocycles. The van der Waals surface area contributed by atoms with Crippen molar-refractivity contribution >= 4 is 8.07 Å². The summed E-state index contributed by atoms with van der Waals surface area (Å²) in [6, 6.07) is 0. The molecule has 0 aromatic rings. The molecule has 0 heterocycles. The van der Waals surface area contributed by atoms with Crippen LogP contribution in [0, 0.1) is 24.0 Å². The van der Waals surface area contributed by atoms with Gasteiger partial charge in [-0.05, 0) is 0 Å². The summed E-state index contributed by atoms with van der Waals surface area (Å²) in [5.74, 6) is 0.980. The average molecular weight is 361 g/mol. The quantitative estimate of drug-likeness (QED) is 0.412. The van der Waals surface area contributed by atoms with Crippen LogP contribution in [-0.2, 0) is 21.7 Å². The molecule has 0 aromatic heterocycles. The van der Waals surface area contributed by atoms with Gasteiger partial charge in [-0.15, -0.1) is 0 Å². The molecule has 0 N–H and O–H groups in total. The van der Waals surface area contributed by atoms with Gasteiger partial charge in [0, 0.05) is 0 Å². The zero-order valence-corrected chi connectivity index (χ0v) is 17.1. The summed E-state index contributed by atoms with van der Waals surface area (Å²) in [7, 11) is -1.52. The topological polar surface area (TPSA) is 0 Å². The van der Waals surface area contributed by atoms with Gasteiger partial charge >= 0.3 is 21.7 Å². The van der Waals surface area contributed by atoms with E-state index in [1.54, 1.807) is 10.4 Å². The van der Waals surface area contributed by atoms with Crippen LogP contribution in [0.4, 0.5) is 0 Å². The Morgan fingerprint density at radius 1 is 0.850 bits per heavy atom. The maximum Gasteiger partial charge on any atom is 4.00 e.